The Bertz CT molecular complexity index is 595. The molecule has 0 aliphatic rings. The van der Waals surface area contributed by atoms with Crippen LogP contribution in [0.3, 0.4) is 0 Å². The molecule has 2 rings (SSSR count). The maximum Gasteiger partial charge on any atom is 0.0416 e. The highest BCUT2D eigenvalue weighted by molar-refractivity contribution is 9.10. The summed E-state index contributed by atoms with van der Waals surface area (Å²) in [6, 6.07) is 17.0. The first-order valence-corrected chi connectivity index (χ1v) is 10.4. The lowest BCUT2D eigenvalue weighted by molar-refractivity contribution is 0.570. The summed E-state index contributed by atoms with van der Waals surface area (Å²) >= 11 is 3.48. The van der Waals surface area contributed by atoms with E-state index in [4.69, 9.17) is 5.73 Å². The van der Waals surface area contributed by atoms with Crippen LogP contribution in [-0.4, -0.2) is 6.54 Å². The van der Waals surface area contributed by atoms with E-state index in [0.29, 0.717) is 0 Å². The van der Waals surface area contributed by atoms with E-state index in [9.17, 15) is 0 Å². The Morgan fingerprint density at radius 1 is 0.720 bits per heavy atom. The van der Waals surface area contributed by atoms with Crippen molar-refractivity contribution in [3.63, 3.8) is 0 Å². The van der Waals surface area contributed by atoms with Crippen LogP contribution in [0, 0.1) is 0 Å². The van der Waals surface area contributed by atoms with Crippen LogP contribution >= 0.6 is 15.9 Å². The van der Waals surface area contributed by atoms with Crippen LogP contribution in [0.25, 0.3) is 0 Å². The van der Waals surface area contributed by atoms with Crippen molar-refractivity contribution in [2.24, 2.45) is 5.73 Å². The van der Waals surface area contributed by atoms with Gasteiger partial charge in [-0.15, -0.1) is 0 Å². The minimum absolute atomic E-state index is 0.841. The largest absolute Gasteiger partial charge is 0.355 e. The fraction of sp³-hybridized carbons (Fsp3) is 0.455. The molecule has 136 valence electrons. The first-order chi connectivity index (χ1) is 12.3. The molecule has 0 aliphatic carbocycles. The number of rotatable bonds is 12. The van der Waals surface area contributed by atoms with E-state index in [1.54, 1.807) is 0 Å². The van der Waals surface area contributed by atoms with Crippen LogP contribution in [0.1, 0.15) is 56.9 Å². The average Bonchev–Trinajstić information content (AvgIpc) is 2.63. The molecule has 2 aromatic rings. The van der Waals surface area contributed by atoms with Crippen molar-refractivity contribution in [2.75, 3.05) is 11.9 Å². The molecule has 3 N–H and O–H groups in total. The summed E-state index contributed by atoms with van der Waals surface area (Å²) in [5, 5.41) is 3.55. The zero-order valence-electron chi connectivity index (χ0n) is 15.1. The Balaban J connectivity index is 1.70. The van der Waals surface area contributed by atoms with Gasteiger partial charge < -0.3 is 11.1 Å². The summed E-state index contributed by atoms with van der Waals surface area (Å²) in [4.78, 5) is 0. The second kappa shape index (κ2) is 12.1. The molecule has 0 aliphatic heterocycles. The van der Waals surface area contributed by atoms with Gasteiger partial charge in [0.05, 0.1) is 0 Å². The topological polar surface area (TPSA) is 38.0 Å². The lowest BCUT2D eigenvalue weighted by atomic mass is 10.0. The van der Waals surface area contributed by atoms with Gasteiger partial charge in [0.25, 0.3) is 0 Å². The van der Waals surface area contributed by atoms with E-state index in [-0.39, 0.29) is 0 Å². The molecule has 0 bridgehead atoms. The second-order valence-electron chi connectivity index (χ2n) is 6.66. The molecule has 2 nitrogen and oxygen atoms in total. The van der Waals surface area contributed by atoms with Gasteiger partial charge in [0.1, 0.15) is 0 Å². The van der Waals surface area contributed by atoms with Gasteiger partial charge in [-0.05, 0) is 61.7 Å². The summed E-state index contributed by atoms with van der Waals surface area (Å²) in [7, 11) is 0. The number of unbranched alkanes of at least 4 members (excludes halogenated alkanes) is 7. The van der Waals surface area contributed by atoms with Gasteiger partial charge in [0.15, 0.2) is 0 Å². The smallest absolute Gasteiger partial charge is 0.0416 e. The third kappa shape index (κ3) is 8.06. The van der Waals surface area contributed by atoms with Gasteiger partial charge in [-0.3, -0.25) is 0 Å². The van der Waals surface area contributed by atoms with Crippen molar-refractivity contribution < 1.29 is 0 Å². The number of halogens is 1. The maximum atomic E-state index is 5.52. The molecule has 0 spiro atoms. The first kappa shape index (κ1) is 20.0. The molecule has 0 saturated heterocycles. The molecule has 0 aromatic heterocycles. The molecule has 0 amide bonds. The van der Waals surface area contributed by atoms with Crippen molar-refractivity contribution in [3.8, 4) is 0 Å². The van der Waals surface area contributed by atoms with Gasteiger partial charge in [-0.2, -0.15) is 0 Å². The van der Waals surface area contributed by atoms with Gasteiger partial charge in [0.2, 0.25) is 0 Å². The Hall–Kier alpha value is -1.32. The lowest BCUT2D eigenvalue weighted by Gasteiger charge is -2.12. The number of anilines is 2. The number of nitrogens with one attached hydrogen (secondary N) is 1. The van der Waals surface area contributed by atoms with Gasteiger partial charge in [-0.25, -0.2) is 0 Å². The number of aryl methyl sites for hydroxylation is 1. The van der Waals surface area contributed by atoms with E-state index in [1.807, 2.05) is 0 Å². The Kier molecular flexibility index (Phi) is 9.68. The molecule has 0 heterocycles. The minimum atomic E-state index is 0.841. The predicted octanol–water partition coefficient (Wildman–Crippen LogP) is 6.81. The zero-order chi connectivity index (χ0) is 17.7. The quantitative estimate of drug-likeness (QED) is 0.382. The third-order valence-electron chi connectivity index (χ3n) is 4.54. The minimum Gasteiger partial charge on any atom is -0.355 e. The van der Waals surface area contributed by atoms with Crippen molar-refractivity contribution in [1.29, 1.82) is 0 Å². The number of hydrogen-bond acceptors (Lipinski definition) is 2. The van der Waals surface area contributed by atoms with Gasteiger partial charge in [0, 0.05) is 15.8 Å². The Labute approximate surface area is 161 Å². The zero-order valence-corrected chi connectivity index (χ0v) is 16.7. The van der Waals surface area contributed by atoms with E-state index in [1.165, 1.54) is 62.6 Å². The predicted molar refractivity (Wildman–Crippen MR) is 114 cm³/mol. The Morgan fingerprint density at radius 2 is 1.32 bits per heavy atom. The highest BCUT2D eigenvalue weighted by Gasteiger charge is 2.02. The van der Waals surface area contributed by atoms with E-state index >= 15 is 0 Å². The average molecular weight is 403 g/mol. The Morgan fingerprint density at radius 3 is 2.00 bits per heavy atom. The highest BCUT2D eigenvalue weighted by atomic mass is 79.9. The molecular weight excluding hydrogens is 372 g/mol. The SMILES string of the molecule is NCCCCCCCCCCc1ccccc1Nc1ccc(Br)cc1. The lowest BCUT2D eigenvalue weighted by Crippen LogP contribution is -1.97. The van der Waals surface area contributed by atoms with Crippen LogP contribution in [0.4, 0.5) is 11.4 Å². The molecular formula is C22H31BrN2. The van der Waals surface area contributed by atoms with E-state index < -0.39 is 0 Å². The third-order valence-corrected chi connectivity index (χ3v) is 5.07. The summed E-state index contributed by atoms with van der Waals surface area (Å²) in [6.07, 6.45) is 11.6. The summed E-state index contributed by atoms with van der Waals surface area (Å²) < 4.78 is 1.11. The molecule has 0 saturated carbocycles. The van der Waals surface area contributed by atoms with Crippen molar-refractivity contribution >= 4 is 27.3 Å². The van der Waals surface area contributed by atoms with Crippen molar-refractivity contribution in [1.82, 2.24) is 0 Å². The summed E-state index contributed by atoms with van der Waals surface area (Å²) in [6.45, 7) is 0.841. The van der Waals surface area contributed by atoms with Crippen LogP contribution in [0.5, 0.6) is 0 Å². The second-order valence-corrected chi connectivity index (χ2v) is 7.57. The van der Waals surface area contributed by atoms with Crippen LogP contribution in [0.15, 0.2) is 53.0 Å². The summed E-state index contributed by atoms with van der Waals surface area (Å²) in [5.41, 5.74) is 9.30. The van der Waals surface area contributed by atoms with Crippen molar-refractivity contribution in [3.05, 3.63) is 58.6 Å². The monoisotopic (exact) mass is 402 g/mol. The molecule has 0 atom stereocenters. The van der Waals surface area contributed by atoms with Crippen LogP contribution in [0.2, 0.25) is 0 Å². The molecule has 25 heavy (non-hydrogen) atoms. The molecule has 0 radical (unpaired) electrons. The maximum absolute atomic E-state index is 5.52. The first-order valence-electron chi connectivity index (χ1n) is 9.60. The normalized spacial score (nSPS) is 10.8. The van der Waals surface area contributed by atoms with Crippen LogP contribution in [-0.2, 0) is 6.42 Å². The van der Waals surface area contributed by atoms with Gasteiger partial charge >= 0.3 is 0 Å². The molecule has 0 unspecified atom stereocenters. The highest BCUT2D eigenvalue weighted by Crippen LogP contribution is 2.24. The van der Waals surface area contributed by atoms with E-state index in [2.05, 4.69) is 69.8 Å². The number of benzene rings is 2. The van der Waals surface area contributed by atoms with Crippen molar-refractivity contribution in [2.45, 2.75) is 57.8 Å². The standard InChI is InChI=1S/C22H31BrN2/c23-20-14-16-21(17-15-20)25-22-13-9-8-12-19(22)11-7-5-3-1-2-4-6-10-18-24/h8-9,12-17,25H,1-7,10-11,18,24H2. The van der Waals surface area contributed by atoms with Crippen LogP contribution < -0.4 is 11.1 Å². The molecule has 3 heteroatoms. The fourth-order valence-electron chi connectivity index (χ4n) is 3.07. The molecule has 2 aromatic carbocycles. The number of hydrogen-bond donors (Lipinski definition) is 2. The van der Waals surface area contributed by atoms with Gasteiger partial charge in [-0.1, -0.05) is 72.7 Å². The summed E-state index contributed by atoms with van der Waals surface area (Å²) in [5.74, 6) is 0. The number of para-hydroxylation sites is 1. The number of nitrogens with two attached hydrogens (primary N) is 1. The molecule has 0 fully saturated rings. The fourth-order valence-corrected chi connectivity index (χ4v) is 3.33. The van der Waals surface area contributed by atoms with E-state index in [0.717, 1.165) is 23.1 Å².